The van der Waals surface area contributed by atoms with Crippen molar-refractivity contribution in [2.24, 2.45) is 0 Å². The lowest BCUT2D eigenvalue weighted by atomic mass is 10.0. The number of allylic oxidation sites excluding steroid dienone is 4. The van der Waals surface area contributed by atoms with Gasteiger partial charge in [-0.1, -0.05) is 334 Å². The average Bonchev–Trinajstić information content (AvgIpc) is 3.41. The molecule has 6 nitrogen and oxygen atoms in total. The third kappa shape index (κ3) is 61.4. The van der Waals surface area contributed by atoms with Gasteiger partial charge < -0.3 is 20.3 Å². The lowest BCUT2D eigenvalue weighted by Crippen LogP contribution is -2.45. The molecular weight excluding hydrogens is 923 g/mol. The molecule has 1 amide bonds. The van der Waals surface area contributed by atoms with Crippen molar-refractivity contribution in [2.75, 3.05) is 13.2 Å². The zero-order valence-corrected chi connectivity index (χ0v) is 50.8. The predicted molar refractivity (Wildman–Crippen MR) is 329 cm³/mol. The highest BCUT2D eigenvalue weighted by molar-refractivity contribution is 5.76. The smallest absolute Gasteiger partial charge is 0.305 e. The van der Waals surface area contributed by atoms with Crippen LogP contribution >= 0.6 is 0 Å². The summed E-state index contributed by atoms with van der Waals surface area (Å²) in [5.41, 5.74) is 0. The summed E-state index contributed by atoms with van der Waals surface area (Å²) in [5, 5.41) is 23.3. The van der Waals surface area contributed by atoms with Gasteiger partial charge in [0, 0.05) is 12.8 Å². The van der Waals surface area contributed by atoms with E-state index in [0.29, 0.717) is 25.9 Å². The Morgan fingerprint density at radius 2 is 0.667 bits per heavy atom. The van der Waals surface area contributed by atoms with Gasteiger partial charge in [0.2, 0.25) is 5.91 Å². The van der Waals surface area contributed by atoms with E-state index >= 15 is 0 Å². The van der Waals surface area contributed by atoms with Crippen molar-refractivity contribution in [1.29, 1.82) is 0 Å². The number of rotatable bonds is 64. The molecule has 3 N–H and O–H groups in total. The summed E-state index contributed by atoms with van der Waals surface area (Å²) in [4.78, 5) is 24.6. The summed E-state index contributed by atoms with van der Waals surface area (Å²) in [6, 6.07) is -0.538. The van der Waals surface area contributed by atoms with Crippen LogP contribution in [0.5, 0.6) is 0 Å². The summed E-state index contributed by atoms with van der Waals surface area (Å²) in [5.74, 6) is -0.0184. The van der Waals surface area contributed by atoms with Crippen LogP contribution in [0.2, 0.25) is 0 Å². The standard InChI is InChI=1S/C69H133NO5/c1-3-5-7-9-11-13-15-17-18-31-35-39-43-47-51-55-59-63-69(74)75-64-60-56-52-48-44-40-36-33-30-28-26-24-22-20-19-21-23-25-27-29-32-34-38-42-46-50-54-58-62-68(73)70-66(65-71)67(72)61-57-53-49-45-41-37-16-14-12-10-8-6-4-2/h11,13,17-18,66-67,71-72H,3-10,12,14-16,19-65H2,1-2H3,(H,70,73)/b13-11-,18-17-. The van der Waals surface area contributed by atoms with E-state index in [4.69, 9.17) is 4.74 Å². The minimum Gasteiger partial charge on any atom is -0.466 e. The minimum absolute atomic E-state index is 0.0116. The fourth-order valence-corrected chi connectivity index (χ4v) is 10.8. The maximum absolute atomic E-state index is 12.5. The number of esters is 1. The Kier molecular flexibility index (Phi) is 63.4. The van der Waals surface area contributed by atoms with Gasteiger partial charge in [-0.25, -0.2) is 0 Å². The van der Waals surface area contributed by atoms with Crippen molar-refractivity contribution in [3.8, 4) is 0 Å². The molecule has 0 spiro atoms. The largest absolute Gasteiger partial charge is 0.466 e. The molecular formula is C69H133NO5. The number of unbranched alkanes of at least 4 members (excludes halogenated alkanes) is 49. The van der Waals surface area contributed by atoms with Crippen LogP contribution in [0, 0.1) is 0 Å². The summed E-state index contributed by atoms with van der Waals surface area (Å²) in [6.45, 7) is 4.95. The Bertz CT molecular complexity index is 1170. The van der Waals surface area contributed by atoms with Crippen molar-refractivity contribution in [2.45, 2.75) is 392 Å². The third-order valence-corrected chi connectivity index (χ3v) is 16.0. The van der Waals surface area contributed by atoms with Crippen LogP contribution in [0.4, 0.5) is 0 Å². The van der Waals surface area contributed by atoms with Crippen molar-refractivity contribution in [3.05, 3.63) is 24.3 Å². The first-order valence-corrected chi connectivity index (χ1v) is 34.1. The second kappa shape index (κ2) is 64.9. The van der Waals surface area contributed by atoms with E-state index in [1.807, 2.05) is 0 Å². The van der Waals surface area contributed by atoms with E-state index in [-0.39, 0.29) is 18.5 Å². The van der Waals surface area contributed by atoms with Crippen LogP contribution < -0.4 is 5.32 Å². The van der Waals surface area contributed by atoms with Crippen molar-refractivity contribution >= 4 is 11.9 Å². The summed E-state index contributed by atoms with van der Waals surface area (Å²) in [6.07, 6.45) is 80.8. The van der Waals surface area contributed by atoms with E-state index in [1.165, 1.54) is 295 Å². The van der Waals surface area contributed by atoms with Gasteiger partial charge in [0.15, 0.2) is 0 Å². The SMILES string of the molecule is CCCCC/C=C\C/C=C\CCCCCCCCCC(=O)OCCCCCCCCCCCCCCCCCCCCCCCCCCCCCCC(=O)NC(CO)C(O)CCCCCCCCCCCCCCC. The number of aliphatic hydroxyl groups is 2. The first kappa shape index (κ1) is 73.3. The van der Waals surface area contributed by atoms with Crippen molar-refractivity contribution < 1.29 is 24.5 Å². The van der Waals surface area contributed by atoms with E-state index in [2.05, 4.69) is 43.5 Å². The molecule has 0 saturated carbocycles. The Labute approximate surface area is 469 Å². The highest BCUT2D eigenvalue weighted by Gasteiger charge is 2.20. The van der Waals surface area contributed by atoms with Gasteiger partial charge in [0.1, 0.15) is 0 Å². The Morgan fingerprint density at radius 1 is 0.373 bits per heavy atom. The van der Waals surface area contributed by atoms with Crippen LogP contribution in [-0.2, 0) is 14.3 Å². The Hall–Kier alpha value is -1.66. The number of ether oxygens (including phenoxy) is 1. The highest BCUT2D eigenvalue weighted by atomic mass is 16.5. The fraction of sp³-hybridized carbons (Fsp3) is 0.913. The van der Waals surface area contributed by atoms with Crippen LogP contribution in [0.25, 0.3) is 0 Å². The Morgan fingerprint density at radius 3 is 1.04 bits per heavy atom. The molecule has 75 heavy (non-hydrogen) atoms. The monoisotopic (exact) mass is 1060 g/mol. The van der Waals surface area contributed by atoms with Gasteiger partial charge in [0.25, 0.3) is 0 Å². The maximum atomic E-state index is 12.5. The predicted octanol–water partition coefficient (Wildman–Crippen LogP) is 21.8. The first-order chi connectivity index (χ1) is 37.0. The molecule has 6 heteroatoms. The highest BCUT2D eigenvalue weighted by Crippen LogP contribution is 2.19. The van der Waals surface area contributed by atoms with Crippen LogP contribution in [0.3, 0.4) is 0 Å². The van der Waals surface area contributed by atoms with Crippen LogP contribution in [0.15, 0.2) is 24.3 Å². The summed E-state index contributed by atoms with van der Waals surface area (Å²) in [7, 11) is 0. The van der Waals surface area contributed by atoms with E-state index in [9.17, 15) is 19.8 Å². The number of hydrogen-bond donors (Lipinski definition) is 3. The molecule has 0 aliphatic carbocycles. The molecule has 0 aromatic rings. The zero-order valence-electron chi connectivity index (χ0n) is 50.8. The van der Waals surface area contributed by atoms with E-state index in [1.54, 1.807) is 0 Å². The van der Waals surface area contributed by atoms with Gasteiger partial charge in [-0.05, 0) is 57.8 Å². The molecule has 0 aliphatic rings. The topological polar surface area (TPSA) is 95.9 Å². The molecule has 0 saturated heterocycles. The fourth-order valence-electron chi connectivity index (χ4n) is 10.8. The third-order valence-electron chi connectivity index (χ3n) is 16.0. The molecule has 0 rings (SSSR count). The Balaban J connectivity index is 3.32. The molecule has 0 aliphatic heterocycles. The average molecular weight is 1060 g/mol. The molecule has 0 aromatic carbocycles. The van der Waals surface area contributed by atoms with Crippen LogP contribution in [0.1, 0.15) is 380 Å². The van der Waals surface area contributed by atoms with Crippen molar-refractivity contribution in [3.63, 3.8) is 0 Å². The van der Waals surface area contributed by atoms with E-state index < -0.39 is 12.1 Å². The molecule has 0 bridgehead atoms. The number of hydrogen-bond acceptors (Lipinski definition) is 5. The number of carbonyl (C=O) groups excluding carboxylic acids is 2. The first-order valence-electron chi connectivity index (χ1n) is 34.1. The maximum Gasteiger partial charge on any atom is 0.305 e. The van der Waals surface area contributed by atoms with Gasteiger partial charge in [0.05, 0.1) is 25.4 Å². The molecule has 0 radical (unpaired) electrons. The van der Waals surface area contributed by atoms with E-state index in [0.717, 1.165) is 51.4 Å². The molecule has 2 unspecified atom stereocenters. The zero-order chi connectivity index (χ0) is 54.3. The van der Waals surface area contributed by atoms with Gasteiger partial charge >= 0.3 is 5.97 Å². The quantitative estimate of drug-likeness (QED) is 0.0320. The molecule has 0 fully saturated rings. The molecule has 0 aromatic heterocycles. The second-order valence-electron chi connectivity index (χ2n) is 23.5. The van der Waals surface area contributed by atoms with Crippen molar-refractivity contribution in [1.82, 2.24) is 5.32 Å². The van der Waals surface area contributed by atoms with Gasteiger partial charge in [-0.2, -0.15) is 0 Å². The summed E-state index contributed by atoms with van der Waals surface area (Å²) < 4.78 is 5.50. The molecule has 444 valence electrons. The molecule has 2 atom stereocenters. The number of aliphatic hydroxyl groups excluding tert-OH is 2. The second-order valence-corrected chi connectivity index (χ2v) is 23.5. The normalized spacial score (nSPS) is 12.6. The molecule has 0 heterocycles. The summed E-state index contributed by atoms with van der Waals surface area (Å²) >= 11 is 0. The minimum atomic E-state index is -0.661. The lowest BCUT2D eigenvalue weighted by Gasteiger charge is -2.22. The van der Waals surface area contributed by atoms with Crippen LogP contribution in [-0.4, -0.2) is 47.4 Å². The lowest BCUT2D eigenvalue weighted by molar-refractivity contribution is -0.143. The number of amides is 1. The van der Waals surface area contributed by atoms with Gasteiger partial charge in [-0.15, -0.1) is 0 Å². The van der Waals surface area contributed by atoms with Gasteiger partial charge in [-0.3, -0.25) is 9.59 Å². The number of nitrogens with one attached hydrogen (secondary N) is 1. The number of carbonyl (C=O) groups is 2.